The maximum absolute atomic E-state index is 14.3. The van der Waals surface area contributed by atoms with E-state index in [1.807, 2.05) is 48.9 Å². The molecule has 1 heterocycles. The van der Waals surface area contributed by atoms with E-state index in [0.29, 0.717) is 11.6 Å². The third-order valence-corrected chi connectivity index (χ3v) is 9.56. The first-order valence-corrected chi connectivity index (χ1v) is 16.1. The number of hydrogen-bond acceptors (Lipinski definition) is 5. The van der Waals surface area contributed by atoms with Crippen molar-refractivity contribution < 1.29 is 23.8 Å². The third kappa shape index (κ3) is 10.4. The van der Waals surface area contributed by atoms with Crippen LogP contribution in [0.25, 0.3) is 0 Å². The van der Waals surface area contributed by atoms with Gasteiger partial charge in [0.15, 0.2) is 0 Å². The molecule has 3 unspecified atom stereocenters. The van der Waals surface area contributed by atoms with Gasteiger partial charge in [0.25, 0.3) is 0 Å². The van der Waals surface area contributed by atoms with E-state index in [0.717, 1.165) is 62.9 Å². The van der Waals surface area contributed by atoms with Crippen LogP contribution in [0.1, 0.15) is 69.9 Å². The summed E-state index contributed by atoms with van der Waals surface area (Å²) in [5.41, 5.74) is 1.89. The molecule has 2 aromatic carbocycles. The fourth-order valence-electron chi connectivity index (χ4n) is 7.15. The Morgan fingerprint density at radius 3 is 2.31 bits per heavy atom. The summed E-state index contributed by atoms with van der Waals surface area (Å²) >= 11 is 5.98. The predicted molar refractivity (Wildman–Crippen MR) is 182 cm³/mol. The molecule has 1 saturated carbocycles. The van der Waals surface area contributed by atoms with Crippen LogP contribution < -0.4 is 0 Å². The van der Waals surface area contributed by atoms with Gasteiger partial charge in [-0.05, 0) is 92.3 Å². The molecular weight excluding hydrogens is 640 g/mol. The standard InChI is InChI=1S/C34H47ClFN3O4.2ClH/c1-5-15-39(34(42)43-22-24-9-11-27(35)12-10-24)29-13-16-38(17-14-29)21-26-19-30(37(4)32(23(2)3)33(40)41)20-31(26)25-7-6-8-28(36)18-25;;/h6-12,18,23,26,29-32H,5,13-17,19-22H2,1-4H3,(H,40,41);2*1H/t26?,30?,31?,32-;;/m1../s1. The van der Waals surface area contributed by atoms with E-state index in [2.05, 4.69) is 11.8 Å². The predicted octanol–water partition coefficient (Wildman–Crippen LogP) is 7.74. The molecule has 7 nitrogen and oxygen atoms in total. The van der Waals surface area contributed by atoms with Gasteiger partial charge in [-0.15, -0.1) is 24.8 Å². The zero-order valence-corrected chi connectivity index (χ0v) is 29.1. The van der Waals surface area contributed by atoms with Gasteiger partial charge in [0.1, 0.15) is 18.5 Å². The summed E-state index contributed by atoms with van der Waals surface area (Å²) < 4.78 is 20.0. The minimum absolute atomic E-state index is 0. The van der Waals surface area contributed by atoms with Crippen LogP contribution in [0.4, 0.5) is 9.18 Å². The zero-order chi connectivity index (χ0) is 31.1. The van der Waals surface area contributed by atoms with Gasteiger partial charge in [0, 0.05) is 43.3 Å². The topological polar surface area (TPSA) is 73.3 Å². The second-order valence-electron chi connectivity index (χ2n) is 12.6. The summed E-state index contributed by atoms with van der Waals surface area (Å²) in [6, 6.07) is 13.9. The van der Waals surface area contributed by atoms with E-state index in [9.17, 15) is 19.1 Å². The van der Waals surface area contributed by atoms with Crippen molar-refractivity contribution in [3.63, 3.8) is 0 Å². The molecule has 1 amide bonds. The van der Waals surface area contributed by atoms with Gasteiger partial charge in [0.05, 0.1) is 0 Å². The first kappa shape index (κ1) is 39.1. The monoisotopic (exact) mass is 687 g/mol. The number of hydrogen-bond donors (Lipinski definition) is 1. The maximum Gasteiger partial charge on any atom is 0.410 e. The quantitative estimate of drug-likeness (QED) is 0.246. The minimum atomic E-state index is -0.798. The Balaban J connectivity index is 0.00000353. The molecule has 2 fully saturated rings. The number of piperidine rings is 1. The molecule has 0 aromatic heterocycles. The number of nitrogens with zero attached hydrogens (tertiary/aromatic N) is 3. The lowest BCUT2D eigenvalue weighted by Crippen LogP contribution is -2.49. The molecule has 2 aromatic rings. The van der Waals surface area contributed by atoms with Crippen molar-refractivity contribution in [1.82, 2.24) is 14.7 Å². The Bertz CT molecular complexity index is 1210. The van der Waals surface area contributed by atoms with Crippen molar-refractivity contribution in [2.75, 3.05) is 33.2 Å². The van der Waals surface area contributed by atoms with Crippen molar-refractivity contribution >= 4 is 48.5 Å². The van der Waals surface area contributed by atoms with E-state index < -0.39 is 12.0 Å². The fraction of sp³-hybridized carbons (Fsp3) is 0.588. The van der Waals surface area contributed by atoms with Crippen LogP contribution in [0.15, 0.2) is 48.5 Å². The molecule has 1 aliphatic heterocycles. The van der Waals surface area contributed by atoms with Crippen LogP contribution in [-0.4, -0.2) is 83.2 Å². The molecule has 1 saturated heterocycles. The number of aliphatic carboxylic acids is 1. The second-order valence-corrected chi connectivity index (χ2v) is 13.1. The zero-order valence-electron chi connectivity index (χ0n) is 26.7. The van der Waals surface area contributed by atoms with Crippen molar-refractivity contribution in [2.24, 2.45) is 11.8 Å². The summed E-state index contributed by atoms with van der Waals surface area (Å²) in [4.78, 5) is 31.6. The molecule has 0 bridgehead atoms. The second kappa shape index (κ2) is 18.3. The van der Waals surface area contributed by atoms with E-state index in [-0.39, 0.29) is 73.2 Å². The first-order valence-electron chi connectivity index (χ1n) is 15.7. The summed E-state index contributed by atoms with van der Waals surface area (Å²) in [7, 11) is 1.92. The third-order valence-electron chi connectivity index (χ3n) is 9.31. The molecule has 2 aliphatic rings. The Hall–Kier alpha value is -2.10. The highest BCUT2D eigenvalue weighted by atomic mass is 35.5. The van der Waals surface area contributed by atoms with Gasteiger partial charge >= 0.3 is 12.1 Å². The highest BCUT2D eigenvalue weighted by molar-refractivity contribution is 6.30. The molecule has 4 atom stereocenters. The number of amides is 1. The Morgan fingerprint density at radius 1 is 1.07 bits per heavy atom. The molecule has 45 heavy (non-hydrogen) atoms. The van der Waals surface area contributed by atoms with Crippen molar-refractivity contribution in [3.05, 3.63) is 70.5 Å². The number of likely N-dealkylation sites (N-methyl/N-ethyl adjacent to an activating group) is 1. The number of ether oxygens (including phenoxy) is 1. The smallest absolute Gasteiger partial charge is 0.410 e. The average molecular weight is 689 g/mol. The maximum atomic E-state index is 14.3. The number of rotatable bonds is 12. The number of benzene rings is 2. The van der Waals surface area contributed by atoms with Crippen LogP contribution in [0.3, 0.4) is 0 Å². The highest BCUT2D eigenvalue weighted by Gasteiger charge is 2.42. The molecule has 11 heteroatoms. The lowest BCUT2D eigenvalue weighted by atomic mass is 9.88. The number of carboxylic acids is 1. The van der Waals surface area contributed by atoms with Crippen LogP contribution in [-0.2, 0) is 16.1 Å². The first-order chi connectivity index (χ1) is 20.6. The van der Waals surface area contributed by atoms with E-state index >= 15 is 0 Å². The number of carboxylic acid groups (broad SMARTS) is 1. The van der Waals surface area contributed by atoms with Crippen LogP contribution >= 0.6 is 36.4 Å². The van der Waals surface area contributed by atoms with Gasteiger partial charge in [0.2, 0.25) is 0 Å². The van der Waals surface area contributed by atoms with Crippen LogP contribution in [0, 0.1) is 17.7 Å². The summed E-state index contributed by atoms with van der Waals surface area (Å²) in [6.07, 6.45) is 3.99. The molecule has 4 rings (SSSR count). The largest absolute Gasteiger partial charge is 0.480 e. The van der Waals surface area contributed by atoms with Gasteiger partial charge < -0.3 is 19.6 Å². The lowest BCUT2D eigenvalue weighted by molar-refractivity contribution is -0.145. The summed E-state index contributed by atoms with van der Waals surface area (Å²) in [5, 5.41) is 10.6. The molecule has 252 valence electrons. The lowest BCUT2D eigenvalue weighted by Gasteiger charge is -2.39. The van der Waals surface area contributed by atoms with Crippen molar-refractivity contribution in [2.45, 2.75) is 83.5 Å². The molecule has 0 spiro atoms. The number of carbonyl (C=O) groups excluding carboxylic acids is 1. The minimum Gasteiger partial charge on any atom is -0.480 e. The Kier molecular flexibility index (Phi) is 15.9. The molecule has 1 N–H and O–H groups in total. The number of carbonyl (C=O) groups is 2. The van der Waals surface area contributed by atoms with E-state index in [1.165, 1.54) is 6.07 Å². The van der Waals surface area contributed by atoms with Crippen LogP contribution in [0.5, 0.6) is 0 Å². The van der Waals surface area contributed by atoms with Gasteiger partial charge in [-0.1, -0.05) is 56.6 Å². The van der Waals surface area contributed by atoms with Gasteiger partial charge in [-0.25, -0.2) is 9.18 Å². The SMILES string of the molecule is CCCN(C(=O)OCc1ccc(Cl)cc1)C1CCN(CC2CC(N(C)[C@@H](C(=O)O)C(C)C)CC2c2cccc(F)c2)CC1.Cl.Cl. The van der Waals surface area contributed by atoms with Gasteiger partial charge in [-0.2, -0.15) is 0 Å². The van der Waals surface area contributed by atoms with Crippen molar-refractivity contribution in [1.29, 1.82) is 0 Å². The van der Waals surface area contributed by atoms with Gasteiger partial charge in [-0.3, -0.25) is 9.69 Å². The van der Waals surface area contributed by atoms with E-state index in [1.54, 1.807) is 24.3 Å². The fourth-order valence-corrected chi connectivity index (χ4v) is 7.28. The van der Waals surface area contributed by atoms with Crippen LogP contribution in [0.2, 0.25) is 5.02 Å². The summed E-state index contributed by atoms with van der Waals surface area (Å²) in [6.45, 7) is 9.44. The van der Waals surface area contributed by atoms with Crippen molar-refractivity contribution in [3.8, 4) is 0 Å². The molecular formula is C34H49Cl3FN3O4. The van der Waals surface area contributed by atoms with E-state index in [4.69, 9.17) is 16.3 Å². The molecule has 0 radical (unpaired) electrons. The number of likely N-dealkylation sites (tertiary alicyclic amines) is 1. The molecule has 1 aliphatic carbocycles. The normalized spacial score (nSPS) is 21.2. The summed E-state index contributed by atoms with van der Waals surface area (Å²) in [5.74, 6) is -0.616. The Morgan fingerprint density at radius 2 is 1.73 bits per heavy atom. The Labute approximate surface area is 285 Å². The average Bonchev–Trinajstić information content (AvgIpc) is 3.39. The number of halogens is 4. The highest BCUT2D eigenvalue weighted by Crippen LogP contribution is 2.43.